The van der Waals surface area contributed by atoms with Gasteiger partial charge in [0.1, 0.15) is 18.1 Å². The summed E-state index contributed by atoms with van der Waals surface area (Å²) in [5, 5.41) is 32.6. The Morgan fingerprint density at radius 1 is 1.08 bits per heavy atom. The molecule has 0 heterocycles. The van der Waals surface area contributed by atoms with E-state index in [1.807, 2.05) is 25.1 Å². The van der Waals surface area contributed by atoms with E-state index in [1.165, 1.54) is 19.2 Å². The van der Waals surface area contributed by atoms with Gasteiger partial charge in [0.25, 0.3) is 11.3 Å². The first kappa shape index (κ1) is 27.2. The highest BCUT2D eigenvalue weighted by molar-refractivity contribution is 7.80. The number of ether oxygens (including phenoxy) is 1. The van der Waals surface area contributed by atoms with Gasteiger partial charge < -0.3 is 25.4 Å². The molecule has 10 heteroatoms. The number of phenolic OH excluding ortho intramolecular Hbond substituents is 1. The van der Waals surface area contributed by atoms with Crippen molar-refractivity contribution in [2.75, 3.05) is 31.0 Å². The number of aromatic carboxylic acids is 1. The molecule has 0 aliphatic heterocycles. The lowest BCUT2D eigenvalue weighted by Gasteiger charge is -2.19. The topological polar surface area (TPSA) is 140 Å². The average molecular weight is 515 g/mol. The number of carboxylic acid groups (broad SMARTS) is 1. The number of nitrogens with zero attached hydrogens (tertiary/aromatic N) is 1. The lowest BCUT2D eigenvalue weighted by atomic mass is 10.00. The zero-order valence-electron chi connectivity index (χ0n) is 20.0. The molecule has 0 amide bonds. The van der Waals surface area contributed by atoms with Crippen LogP contribution in [0.15, 0.2) is 60.7 Å². The predicted molar refractivity (Wildman–Crippen MR) is 139 cm³/mol. The number of benzene rings is 3. The molecule has 0 saturated carbocycles. The number of carbonyl (C=O) groups is 1. The average Bonchev–Trinajstić information content (AvgIpc) is 2.88. The third-order valence-corrected chi connectivity index (χ3v) is 6.40. The Bertz CT molecular complexity index is 1220. The monoisotopic (exact) mass is 514 g/mol. The number of phenols is 1. The summed E-state index contributed by atoms with van der Waals surface area (Å²) in [7, 11) is 1.36. The van der Waals surface area contributed by atoms with E-state index in [0.717, 1.165) is 33.2 Å². The molecule has 0 aromatic heterocycles. The molecule has 192 valence electrons. The number of anilines is 1. The van der Waals surface area contributed by atoms with Gasteiger partial charge in [-0.25, -0.2) is 9.00 Å². The second kappa shape index (κ2) is 12.5. The Balaban J connectivity index is 1.53. The fourth-order valence-electron chi connectivity index (χ4n) is 3.66. The van der Waals surface area contributed by atoms with Crippen molar-refractivity contribution < 1.29 is 33.6 Å². The van der Waals surface area contributed by atoms with Crippen LogP contribution in [0.4, 0.5) is 5.69 Å². The fraction of sp³-hybridized carbons (Fsp3) is 0.269. The van der Waals surface area contributed by atoms with E-state index < -0.39 is 23.3 Å². The number of carboxylic acids is 1. The van der Waals surface area contributed by atoms with E-state index in [9.17, 15) is 23.8 Å². The maximum atomic E-state index is 11.3. The summed E-state index contributed by atoms with van der Waals surface area (Å²) in [5.74, 6) is -0.360. The van der Waals surface area contributed by atoms with E-state index >= 15 is 0 Å². The van der Waals surface area contributed by atoms with Crippen molar-refractivity contribution >= 4 is 22.9 Å². The summed E-state index contributed by atoms with van der Waals surface area (Å²) in [6.07, 6.45) is -0.124. The minimum atomic E-state index is -2.30. The normalized spacial score (nSPS) is 12.7. The minimum absolute atomic E-state index is 0.143. The quantitative estimate of drug-likeness (QED) is 0.183. The number of rotatable bonds is 12. The van der Waals surface area contributed by atoms with Gasteiger partial charge >= 0.3 is 5.97 Å². The van der Waals surface area contributed by atoms with E-state index in [0.29, 0.717) is 18.7 Å². The van der Waals surface area contributed by atoms with Crippen LogP contribution in [-0.4, -0.2) is 56.8 Å². The second-order valence-electron chi connectivity index (χ2n) is 8.10. The molecule has 0 saturated heterocycles. The maximum Gasteiger partial charge on any atom is 0.335 e. The summed E-state index contributed by atoms with van der Waals surface area (Å²) in [5.41, 5.74) is 3.80. The van der Waals surface area contributed by atoms with Crippen LogP contribution < -0.4 is 14.4 Å². The van der Waals surface area contributed by atoms with Crippen LogP contribution in [0.25, 0.3) is 11.1 Å². The molecule has 3 aromatic carbocycles. The van der Waals surface area contributed by atoms with Gasteiger partial charge in [-0.2, -0.15) is 0 Å². The highest BCUT2D eigenvalue weighted by Gasteiger charge is 2.15. The lowest BCUT2D eigenvalue weighted by Crippen LogP contribution is -2.26. The first-order chi connectivity index (χ1) is 17.2. The van der Waals surface area contributed by atoms with Crippen molar-refractivity contribution in [1.29, 1.82) is 0 Å². The number of aryl methyl sites for hydroxylation is 1. The van der Waals surface area contributed by atoms with Crippen LogP contribution in [0.1, 0.15) is 34.5 Å². The molecule has 9 nitrogen and oxygen atoms in total. The number of hydrogen-bond donors (Lipinski definition) is 5. The van der Waals surface area contributed by atoms with E-state index in [2.05, 4.69) is 5.32 Å². The van der Waals surface area contributed by atoms with Crippen molar-refractivity contribution in [3.05, 3.63) is 77.4 Å². The first-order valence-electron chi connectivity index (χ1n) is 11.4. The summed E-state index contributed by atoms with van der Waals surface area (Å²) in [6.45, 7) is 3.11. The largest absolute Gasteiger partial charge is 0.506 e. The number of aromatic hydroxyl groups is 1. The van der Waals surface area contributed by atoms with Crippen molar-refractivity contribution in [2.24, 2.45) is 0 Å². The van der Waals surface area contributed by atoms with Gasteiger partial charge in [-0.3, -0.25) is 8.86 Å². The highest BCUT2D eigenvalue weighted by atomic mass is 32.2. The van der Waals surface area contributed by atoms with Crippen LogP contribution in [0.2, 0.25) is 0 Å². The van der Waals surface area contributed by atoms with Gasteiger partial charge in [0.2, 0.25) is 0 Å². The predicted octanol–water partition coefficient (Wildman–Crippen LogP) is 3.59. The summed E-state index contributed by atoms with van der Waals surface area (Å²) in [4.78, 5) is 11.1. The van der Waals surface area contributed by atoms with Crippen LogP contribution in [0.5, 0.6) is 11.5 Å². The summed E-state index contributed by atoms with van der Waals surface area (Å²) in [6, 6.07) is 17.0. The van der Waals surface area contributed by atoms with Crippen LogP contribution in [0, 0.1) is 0 Å². The smallest absolute Gasteiger partial charge is 0.335 e. The molecule has 0 radical (unpaired) electrons. The third-order valence-electron chi connectivity index (χ3n) is 5.74. The molecule has 5 N–H and O–H groups in total. The Morgan fingerprint density at radius 3 is 2.42 bits per heavy atom. The van der Waals surface area contributed by atoms with Gasteiger partial charge in [0.15, 0.2) is 0 Å². The molecule has 36 heavy (non-hydrogen) atoms. The Hall–Kier alpha value is -3.44. The Kier molecular flexibility index (Phi) is 9.43. The zero-order chi connectivity index (χ0) is 26.2. The molecular weight excluding hydrogens is 484 g/mol. The van der Waals surface area contributed by atoms with Gasteiger partial charge in [-0.1, -0.05) is 31.2 Å². The number of aliphatic hydroxyl groups is 1. The van der Waals surface area contributed by atoms with Gasteiger partial charge in [0, 0.05) is 20.1 Å². The van der Waals surface area contributed by atoms with Crippen molar-refractivity contribution in [2.45, 2.75) is 19.4 Å². The second-order valence-corrected chi connectivity index (χ2v) is 9.11. The molecule has 2 unspecified atom stereocenters. The molecule has 3 rings (SSSR count). The third kappa shape index (κ3) is 6.82. The summed E-state index contributed by atoms with van der Waals surface area (Å²) >= 11 is -2.30. The standard InChI is InChI=1S/C26H30N2O7S/c1-3-17-14-20(18-4-6-19(7-5-18)26(31)32)9-11-25(17)35-13-12-27-16-24(30)21-8-10-23(29)22(15-21)28(2)36(33)34/h4-11,14-15,24,27,29-30H,3,12-13,16H2,1-2H3,(H,31,32)(H,33,34). The molecular formula is C26H30N2O7S. The van der Waals surface area contributed by atoms with E-state index in [-0.39, 0.29) is 23.5 Å². The maximum absolute atomic E-state index is 11.3. The Morgan fingerprint density at radius 2 is 1.78 bits per heavy atom. The highest BCUT2D eigenvalue weighted by Crippen LogP contribution is 2.30. The van der Waals surface area contributed by atoms with Gasteiger partial charge in [-0.15, -0.1) is 0 Å². The molecule has 0 spiro atoms. The Labute approximate surface area is 212 Å². The lowest BCUT2D eigenvalue weighted by molar-refractivity contribution is 0.0697. The van der Waals surface area contributed by atoms with Crippen molar-refractivity contribution in [3.63, 3.8) is 0 Å². The first-order valence-corrected chi connectivity index (χ1v) is 12.4. The SMILES string of the molecule is CCc1cc(-c2ccc(C(=O)O)cc2)ccc1OCCNCC(O)c1ccc(O)c(N(C)S(=O)O)c1. The van der Waals surface area contributed by atoms with Crippen LogP contribution in [-0.2, 0) is 17.7 Å². The molecule has 0 aliphatic rings. The van der Waals surface area contributed by atoms with Crippen LogP contribution in [0.3, 0.4) is 0 Å². The molecule has 0 fully saturated rings. The van der Waals surface area contributed by atoms with Crippen molar-refractivity contribution in [3.8, 4) is 22.6 Å². The van der Waals surface area contributed by atoms with E-state index in [1.54, 1.807) is 30.3 Å². The number of aliphatic hydroxyl groups excluding tert-OH is 1. The van der Waals surface area contributed by atoms with Crippen molar-refractivity contribution in [1.82, 2.24) is 5.32 Å². The molecule has 0 aliphatic carbocycles. The molecule has 2 atom stereocenters. The van der Waals surface area contributed by atoms with Gasteiger partial charge in [-0.05, 0) is 65.1 Å². The van der Waals surface area contributed by atoms with Crippen LogP contribution >= 0.6 is 0 Å². The fourth-order valence-corrected chi connectivity index (χ4v) is 3.97. The number of hydrogen-bond acceptors (Lipinski definition) is 6. The zero-order valence-corrected chi connectivity index (χ0v) is 20.9. The van der Waals surface area contributed by atoms with E-state index in [4.69, 9.17) is 9.84 Å². The van der Waals surface area contributed by atoms with Gasteiger partial charge in [0.05, 0.1) is 17.4 Å². The molecule has 3 aromatic rings. The summed E-state index contributed by atoms with van der Waals surface area (Å²) < 4.78 is 27.4. The number of nitrogens with one attached hydrogen (secondary N) is 1. The minimum Gasteiger partial charge on any atom is -0.506 e. The molecule has 0 bridgehead atoms.